The lowest BCUT2D eigenvalue weighted by Crippen LogP contribution is -2.33. The van der Waals surface area contributed by atoms with E-state index >= 15 is 0 Å². The van der Waals surface area contributed by atoms with Crippen LogP contribution in [0.3, 0.4) is 0 Å². The Kier molecular flexibility index (Phi) is 5.39. The zero-order valence-electron chi connectivity index (χ0n) is 14.9. The number of rotatable bonds is 8. The van der Waals surface area contributed by atoms with Gasteiger partial charge in [-0.1, -0.05) is 31.9 Å². The van der Waals surface area contributed by atoms with Crippen molar-refractivity contribution < 1.29 is 4.79 Å². The van der Waals surface area contributed by atoms with E-state index in [1.165, 1.54) is 30.5 Å². The number of benzene rings is 1. The SMILES string of the molecule is CCCCCc1ccc(C(=O)N(Cc2cccn2C)C2CC2)cc1. The molecule has 3 nitrogen and oxygen atoms in total. The minimum absolute atomic E-state index is 0.166. The Morgan fingerprint density at radius 3 is 2.50 bits per heavy atom. The molecule has 0 N–H and O–H groups in total. The molecule has 0 spiro atoms. The molecule has 1 aromatic carbocycles. The Morgan fingerprint density at radius 1 is 1.17 bits per heavy atom. The standard InChI is InChI=1S/C21H28N2O/c1-3-4-5-7-17-9-11-18(12-10-17)21(24)23(19-13-14-19)16-20-8-6-15-22(20)2/h6,8-12,15,19H,3-5,7,13-14,16H2,1-2H3. The second kappa shape index (κ2) is 7.69. The smallest absolute Gasteiger partial charge is 0.254 e. The van der Waals surface area contributed by atoms with Crippen molar-refractivity contribution >= 4 is 5.91 Å². The van der Waals surface area contributed by atoms with E-state index in [9.17, 15) is 4.79 Å². The van der Waals surface area contributed by atoms with Crippen LogP contribution in [0.5, 0.6) is 0 Å². The Morgan fingerprint density at radius 2 is 1.92 bits per heavy atom. The molecule has 1 amide bonds. The second-order valence-corrected chi connectivity index (χ2v) is 6.93. The number of aromatic nitrogens is 1. The van der Waals surface area contributed by atoms with Crippen molar-refractivity contribution in [1.82, 2.24) is 9.47 Å². The minimum Gasteiger partial charge on any atom is -0.353 e. The van der Waals surface area contributed by atoms with Crippen LogP contribution in [0.15, 0.2) is 42.6 Å². The summed E-state index contributed by atoms with van der Waals surface area (Å²) in [5.41, 5.74) is 3.34. The van der Waals surface area contributed by atoms with Crippen LogP contribution in [-0.4, -0.2) is 21.4 Å². The molecule has 1 aliphatic carbocycles. The van der Waals surface area contributed by atoms with Crippen molar-refractivity contribution in [1.29, 1.82) is 0 Å². The van der Waals surface area contributed by atoms with E-state index in [0.717, 1.165) is 24.8 Å². The van der Waals surface area contributed by atoms with Crippen molar-refractivity contribution in [2.45, 2.75) is 58.0 Å². The summed E-state index contributed by atoms with van der Waals surface area (Å²) in [6, 6.07) is 12.8. The molecule has 1 fully saturated rings. The maximum absolute atomic E-state index is 13.0. The Hall–Kier alpha value is -2.03. The number of carbonyl (C=O) groups excluding carboxylic acids is 1. The molecule has 24 heavy (non-hydrogen) atoms. The summed E-state index contributed by atoms with van der Waals surface area (Å²) in [6.45, 7) is 2.92. The minimum atomic E-state index is 0.166. The molecule has 0 saturated heterocycles. The molecule has 0 bridgehead atoms. The highest BCUT2D eigenvalue weighted by Gasteiger charge is 2.33. The molecule has 1 saturated carbocycles. The lowest BCUT2D eigenvalue weighted by atomic mass is 10.0. The van der Waals surface area contributed by atoms with Crippen LogP contribution in [0, 0.1) is 0 Å². The topological polar surface area (TPSA) is 25.2 Å². The molecule has 0 radical (unpaired) electrons. The van der Waals surface area contributed by atoms with Crippen molar-refractivity contribution in [2.75, 3.05) is 0 Å². The molecule has 1 aliphatic rings. The highest BCUT2D eigenvalue weighted by Crippen LogP contribution is 2.30. The van der Waals surface area contributed by atoms with Gasteiger partial charge in [0.15, 0.2) is 0 Å². The van der Waals surface area contributed by atoms with Crippen LogP contribution in [0.1, 0.15) is 60.6 Å². The van der Waals surface area contributed by atoms with Crippen molar-refractivity contribution in [3.8, 4) is 0 Å². The largest absolute Gasteiger partial charge is 0.353 e. The summed E-state index contributed by atoms with van der Waals surface area (Å²) in [7, 11) is 2.04. The van der Waals surface area contributed by atoms with Gasteiger partial charge in [-0.2, -0.15) is 0 Å². The maximum atomic E-state index is 13.0. The van der Waals surface area contributed by atoms with E-state index in [-0.39, 0.29) is 5.91 Å². The third-order valence-electron chi connectivity index (χ3n) is 4.90. The fourth-order valence-electron chi connectivity index (χ4n) is 3.15. The van der Waals surface area contributed by atoms with E-state index in [1.807, 2.05) is 36.3 Å². The van der Waals surface area contributed by atoms with Gasteiger partial charge in [-0.15, -0.1) is 0 Å². The third-order valence-corrected chi connectivity index (χ3v) is 4.90. The molecule has 128 valence electrons. The van der Waals surface area contributed by atoms with Gasteiger partial charge in [0.2, 0.25) is 0 Å². The van der Waals surface area contributed by atoms with Gasteiger partial charge < -0.3 is 9.47 Å². The number of hydrogen-bond donors (Lipinski definition) is 0. The van der Waals surface area contributed by atoms with Crippen LogP contribution < -0.4 is 0 Å². The second-order valence-electron chi connectivity index (χ2n) is 6.93. The van der Waals surface area contributed by atoms with Gasteiger partial charge in [0, 0.05) is 30.5 Å². The molecule has 0 unspecified atom stereocenters. The number of carbonyl (C=O) groups is 1. The van der Waals surface area contributed by atoms with Crippen molar-refractivity contribution in [3.05, 3.63) is 59.4 Å². The van der Waals surface area contributed by atoms with Gasteiger partial charge in [0.05, 0.1) is 6.54 Å². The van der Waals surface area contributed by atoms with Gasteiger partial charge in [-0.3, -0.25) is 4.79 Å². The van der Waals surface area contributed by atoms with Gasteiger partial charge in [-0.25, -0.2) is 0 Å². The first-order valence-electron chi connectivity index (χ1n) is 9.19. The summed E-state index contributed by atoms with van der Waals surface area (Å²) < 4.78 is 2.10. The Labute approximate surface area is 145 Å². The van der Waals surface area contributed by atoms with E-state index in [4.69, 9.17) is 0 Å². The first-order valence-corrected chi connectivity index (χ1v) is 9.19. The first kappa shape index (κ1) is 16.8. The number of nitrogens with zero attached hydrogens (tertiary/aromatic N) is 2. The van der Waals surface area contributed by atoms with Crippen molar-refractivity contribution in [2.24, 2.45) is 7.05 Å². The predicted molar refractivity (Wildman–Crippen MR) is 98.0 cm³/mol. The number of unbranched alkanes of at least 4 members (excludes halogenated alkanes) is 2. The normalized spacial score (nSPS) is 13.9. The number of aryl methyl sites for hydroxylation is 2. The molecule has 3 rings (SSSR count). The molecule has 0 atom stereocenters. The Bertz CT molecular complexity index is 667. The highest BCUT2D eigenvalue weighted by atomic mass is 16.2. The summed E-state index contributed by atoms with van der Waals surface area (Å²) in [5.74, 6) is 0.166. The monoisotopic (exact) mass is 324 g/mol. The fourth-order valence-corrected chi connectivity index (χ4v) is 3.15. The average molecular weight is 324 g/mol. The predicted octanol–water partition coefficient (Wildman–Crippen LogP) is 4.56. The van der Waals surface area contributed by atoms with Gasteiger partial charge in [0.25, 0.3) is 5.91 Å². The van der Waals surface area contributed by atoms with Gasteiger partial charge in [-0.05, 0) is 55.5 Å². The molecule has 1 aromatic heterocycles. The maximum Gasteiger partial charge on any atom is 0.254 e. The van der Waals surface area contributed by atoms with Crippen LogP contribution in [0.2, 0.25) is 0 Å². The lowest BCUT2D eigenvalue weighted by Gasteiger charge is -2.23. The Balaban J connectivity index is 1.67. The molecular formula is C21H28N2O. The summed E-state index contributed by atoms with van der Waals surface area (Å²) in [6.07, 6.45) is 9.15. The summed E-state index contributed by atoms with van der Waals surface area (Å²) in [4.78, 5) is 15.0. The lowest BCUT2D eigenvalue weighted by molar-refractivity contribution is 0.0726. The van der Waals surface area contributed by atoms with E-state index in [0.29, 0.717) is 12.6 Å². The average Bonchev–Trinajstić information content (AvgIpc) is 3.36. The van der Waals surface area contributed by atoms with Crippen LogP contribution >= 0.6 is 0 Å². The van der Waals surface area contributed by atoms with Crippen LogP contribution in [0.4, 0.5) is 0 Å². The van der Waals surface area contributed by atoms with Crippen LogP contribution in [-0.2, 0) is 20.0 Å². The van der Waals surface area contributed by atoms with E-state index < -0.39 is 0 Å². The van der Waals surface area contributed by atoms with Gasteiger partial charge >= 0.3 is 0 Å². The number of hydrogen-bond acceptors (Lipinski definition) is 1. The molecule has 1 heterocycles. The van der Waals surface area contributed by atoms with Crippen LogP contribution in [0.25, 0.3) is 0 Å². The van der Waals surface area contributed by atoms with Gasteiger partial charge in [0.1, 0.15) is 0 Å². The molecule has 2 aromatic rings. The first-order chi connectivity index (χ1) is 11.7. The zero-order valence-corrected chi connectivity index (χ0v) is 14.9. The van der Waals surface area contributed by atoms with E-state index in [2.05, 4.69) is 29.7 Å². The zero-order chi connectivity index (χ0) is 16.9. The third kappa shape index (κ3) is 4.08. The summed E-state index contributed by atoms with van der Waals surface area (Å²) >= 11 is 0. The van der Waals surface area contributed by atoms with E-state index in [1.54, 1.807) is 0 Å². The van der Waals surface area contributed by atoms with Crippen molar-refractivity contribution in [3.63, 3.8) is 0 Å². The summed E-state index contributed by atoms with van der Waals surface area (Å²) in [5, 5.41) is 0. The highest BCUT2D eigenvalue weighted by molar-refractivity contribution is 5.94. The fraction of sp³-hybridized carbons (Fsp3) is 0.476. The molecule has 3 heteroatoms. The molecular weight excluding hydrogens is 296 g/mol. The quantitative estimate of drug-likeness (QED) is 0.653. The number of amides is 1. The molecule has 0 aliphatic heterocycles.